The Morgan fingerprint density at radius 2 is 1.37 bits per heavy atom. The van der Waals surface area contributed by atoms with Crippen LogP contribution < -0.4 is 27.8 Å². The van der Waals surface area contributed by atoms with E-state index in [1.165, 1.54) is 7.11 Å². The van der Waals surface area contributed by atoms with Crippen LogP contribution >= 0.6 is 0 Å². The van der Waals surface area contributed by atoms with Gasteiger partial charge in [0, 0.05) is 38.3 Å². The first kappa shape index (κ1) is 43.9. The fourth-order valence-electron chi connectivity index (χ4n) is 6.79. The molecule has 13 nitrogen and oxygen atoms in total. The van der Waals surface area contributed by atoms with Crippen molar-refractivity contribution in [1.82, 2.24) is 15.5 Å². The third-order valence-electron chi connectivity index (χ3n) is 10.0. The van der Waals surface area contributed by atoms with Crippen molar-refractivity contribution < 1.29 is 33.5 Å². The molecule has 0 spiro atoms. The van der Waals surface area contributed by atoms with Crippen LogP contribution in [0, 0.1) is 11.8 Å². The first-order valence-corrected chi connectivity index (χ1v) is 19.1. The van der Waals surface area contributed by atoms with Gasteiger partial charge in [-0.1, -0.05) is 74.5 Å². The Bertz CT molecular complexity index is 1530. The number of amides is 3. The highest BCUT2D eigenvalue weighted by molar-refractivity contribution is 5.96. The lowest BCUT2D eigenvalue weighted by Gasteiger charge is -2.37. The van der Waals surface area contributed by atoms with E-state index in [-0.39, 0.29) is 75.0 Å². The minimum absolute atomic E-state index is 0.0509. The van der Waals surface area contributed by atoms with Gasteiger partial charge in [0.25, 0.3) is 0 Å². The lowest BCUT2D eigenvalue weighted by molar-refractivity contribution is -0.150. The average molecular weight is 749 g/mol. The zero-order valence-electron chi connectivity index (χ0n) is 32.1. The Morgan fingerprint density at radius 1 is 0.796 bits per heavy atom. The predicted octanol–water partition coefficient (Wildman–Crippen LogP) is 2.36. The molecule has 3 amide bonds. The first-order chi connectivity index (χ1) is 25.8. The van der Waals surface area contributed by atoms with E-state index in [2.05, 4.69) is 10.6 Å². The number of methoxy groups -OCH3 is 1. The van der Waals surface area contributed by atoms with E-state index >= 15 is 0 Å². The van der Waals surface area contributed by atoms with Gasteiger partial charge in [0.2, 0.25) is 17.7 Å². The third-order valence-corrected chi connectivity index (χ3v) is 10.0. The molecule has 1 fully saturated rings. The number of nitrogens with two attached hydrogens (primary N) is 3. The highest BCUT2D eigenvalue weighted by Gasteiger charge is 2.40. The van der Waals surface area contributed by atoms with Gasteiger partial charge in [-0.3, -0.25) is 28.8 Å². The number of nitrogens with one attached hydrogen (secondary N) is 2. The van der Waals surface area contributed by atoms with Crippen LogP contribution in [0.1, 0.15) is 82.8 Å². The molecule has 1 heterocycles. The predicted molar refractivity (Wildman–Crippen MR) is 207 cm³/mol. The summed E-state index contributed by atoms with van der Waals surface area (Å²) < 4.78 is 4.81. The van der Waals surface area contributed by atoms with Gasteiger partial charge in [-0.05, 0) is 75.0 Å². The van der Waals surface area contributed by atoms with Crippen LogP contribution in [0.3, 0.4) is 0 Å². The Balaban J connectivity index is 1.70. The minimum Gasteiger partial charge on any atom is -0.468 e. The monoisotopic (exact) mass is 748 g/mol. The molecule has 0 aliphatic carbocycles. The van der Waals surface area contributed by atoms with E-state index in [1.54, 1.807) is 4.90 Å². The normalized spacial score (nSPS) is 16.1. The third kappa shape index (κ3) is 14.1. The molecular formula is C41H60N6O7. The van der Waals surface area contributed by atoms with Crippen LogP contribution in [-0.4, -0.2) is 90.6 Å². The number of Topliss-reactive ketones (excluding diaryl/α,β-unsaturated/α-hetero) is 2. The van der Waals surface area contributed by atoms with Crippen molar-refractivity contribution in [3.63, 3.8) is 0 Å². The number of nitrogens with zero attached hydrogens (tertiary/aromatic N) is 1. The fourth-order valence-corrected chi connectivity index (χ4v) is 6.79. The molecule has 0 saturated carbocycles. The second kappa shape index (κ2) is 22.0. The van der Waals surface area contributed by atoms with Gasteiger partial charge in [-0.15, -0.1) is 0 Å². The topological polar surface area (TPSA) is 217 Å². The van der Waals surface area contributed by atoms with Crippen LogP contribution in [-0.2, 0) is 46.3 Å². The zero-order valence-corrected chi connectivity index (χ0v) is 32.1. The summed E-state index contributed by atoms with van der Waals surface area (Å²) in [6.07, 6.45) is 2.67. The molecule has 0 aromatic heterocycles. The summed E-state index contributed by atoms with van der Waals surface area (Å²) in [6, 6.07) is 16.0. The molecule has 0 radical (unpaired) electrons. The Morgan fingerprint density at radius 3 is 1.93 bits per heavy atom. The summed E-state index contributed by atoms with van der Waals surface area (Å²) in [4.78, 5) is 81.5. The van der Waals surface area contributed by atoms with Crippen LogP contribution in [0.4, 0.5) is 0 Å². The van der Waals surface area contributed by atoms with Crippen LogP contribution in [0.15, 0.2) is 60.7 Å². The van der Waals surface area contributed by atoms with Gasteiger partial charge in [0.05, 0.1) is 25.2 Å². The molecule has 4 atom stereocenters. The standard InChI is InChI=1S/C41H60N6O7/c1-28(2)24-31(27-36(49)34(26-30-14-8-5-9-15-30)46-39(52)32(43)25-29-12-6-4-7-13-29)38(51)45-33(16-10-11-21-42)35(48)17-18-37(50)47-22-19-41(44,20-23-47)40(53)54-3/h4-9,12-15,28,31-34H,10-11,16-27,42-44H2,1-3H3,(H,45,51)(H,46,52)/t31-,32+,33+,34+/m0/s1. The number of ketones is 2. The first-order valence-electron chi connectivity index (χ1n) is 19.1. The molecule has 1 aliphatic rings. The van der Waals surface area contributed by atoms with Crippen molar-refractivity contribution in [3.05, 3.63) is 71.8 Å². The Hall–Kier alpha value is -4.46. The smallest absolute Gasteiger partial charge is 0.325 e. The maximum Gasteiger partial charge on any atom is 0.325 e. The van der Waals surface area contributed by atoms with E-state index in [1.807, 2.05) is 74.5 Å². The summed E-state index contributed by atoms with van der Waals surface area (Å²) in [6.45, 7) is 4.86. The molecule has 13 heteroatoms. The molecule has 54 heavy (non-hydrogen) atoms. The van der Waals surface area contributed by atoms with Crippen molar-refractivity contribution >= 4 is 35.3 Å². The number of benzene rings is 2. The van der Waals surface area contributed by atoms with Gasteiger partial charge in [0.1, 0.15) is 5.54 Å². The van der Waals surface area contributed by atoms with Gasteiger partial charge >= 0.3 is 5.97 Å². The van der Waals surface area contributed by atoms with Crippen molar-refractivity contribution in [2.45, 2.75) is 108 Å². The Kier molecular flexibility index (Phi) is 17.9. The number of hydrogen-bond acceptors (Lipinski definition) is 10. The molecule has 2 aromatic rings. The van der Waals surface area contributed by atoms with E-state index in [9.17, 15) is 28.8 Å². The number of likely N-dealkylation sites (tertiary alicyclic amines) is 1. The second-order valence-electron chi connectivity index (χ2n) is 14.9. The van der Waals surface area contributed by atoms with Gasteiger partial charge in [-0.2, -0.15) is 0 Å². The highest BCUT2D eigenvalue weighted by atomic mass is 16.5. The van der Waals surface area contributed by atoms with Gasteiger partial charge < -0.3 is 37.5 Å². The number of piperidine rings is 1. The van der Waals surface area contributed by atoms with Crippen LogP contribution in [0.25, 0.3) is 0 Å². The average Bonchev–Trinajstić information content (AvgIpc) is 3.16. The molecule has 8 N–H and O–H groups in total. The van der Waals surface area contributed by atoms with E-state index in [4.69, 9.17) is 21.9 Å². The summed E-state index contributed by atoms with van der Waals surface area (Å²) in [5, 5.41) is 5.78. The van der Waals surface area contributed by atoms with Crippen molar-refractivity contribution in [3.8, 4) is 0 Å². The van der Waals surface area contributed by atoms with E-state index in [0.29, 0.717) is 38.6 Å². The summed E-state index contributed by atoms with van der Waals surface area (Å²) in [5.74, 6) is -2.96. The molecule has 2 aromatic carbocycles. The molecule has 0 bridgehead atoms. The molecular weight excluding hydrogens is 688 g/mol. The maximum absolute atomic E-state index is 14.0. The number of unbranched alkanes of at least 4 members (excludes halogenated alkanes) is 1. The second-order valence-corrected chi connectivity index (χ2v) is 14.9. The van der Waals surface area contributed by atoms with Crippen molar-refractivity contribution in [2.75, 3.05) is 26.7 Å². The maximum atomic E-state index is 14.0. The van der Waals surface area contributed by atoms with Crippen LogP contribution in [0.5, 0.6) is 0 Å². The summed E-state index contributed by atoms with van der Waals surface area (Å²) >= 11 is 0. The van der Waals surface area contributed by atoms with E-state index in [0.717, 1.165) is 11.1 Å². The molecule has 1 saturated heterocycles. The lowest BCUT2D eigenvalue weighted by Crippen LogP contribution is -2.57. The molecule has 3 rings (SSSR count). The van der Waals surface area contributed by atoms with E-state index < -0.39 is 47.4 Å². The number of carbonyl (C=O) groups is 6. The number of hydrogen-bond donors (Lipinski definition) is 5. The number of carbonyl (C=O) groups excluding carboxylic acids is 6. The summed E-state index contributed by atoms with van der Waals surface area (Å²) in [5.41, 5.74) is 18.8. The zero-order chi connectivity index (χ0) is 39.7. The molecule has 0 unspecified atom stereocenters. The number of ether oxygens (including phenoxy) is 1. The molecule has 1 aliphatic heterocycles. The van der Waals surface area contributed by atoms with Crippen LogP contribution in [0.2, 0.25) is 0 Å². The van der Waals surface area contributed by atoms with Gasteiger partial charge in [0.15, 0.2) is 11.6 Å². The summed E-state index contributed by atoms with van der Waals surface area (Å²) in [7, 11) is 1.28. The SMILES string of the molecule is COC(=O)C1(N)CCN(C(=O)CCC(=O)[C@@H](CCCCN)NC(=O)[C@H](CC(=O)[C@@H](Cc2ccccc2)NC(=O)[C@H](N)Cc2ccccc2)CC(C)C)CC1. The fraction of sp³-hybridized carbons (Fsp3) is 0.561. The number of esters is 1. The Labute approximate surface area is 319 Å². The molecule has 296 valence electrons. The van der Waals surface area contributed by atoms with Gasteiger partial charge in [-0.25, -0.2) is 0 Å². The quantitative estimate of drug-likeness (QED) is 0.0875. The minimum atomic E-state index is -1.14. The number of rotatable bonds is 22. The lowest BCUT2D eigenvalue weighted by atomic mass is 9.87. The van der Waals surface area contributed by atoms with Crippen molar-refractivity contribution in [1.29, 1.82) is 0 Å². The largest absolute Gasteiger partial charge is 0.468 e. The van der Waals surface area contributed by atoms with Crippen molar-refractivity contribution in [2.24, 2.45) is 29.0 Å². The highest BCUT2D eigenvalue weighted by Crippen LogP contribution is 2.23.